The summed E-state index contributed by atoms with van der Waals surface area (Å²) in [6.07, 6.45) is 1.80. The molecule has 0 spiro atoms. The maximum Gasteiger partial charge on any atom is 0.313 e. The molecule has 1 saturated heterocycles. The van der Waals surface area contributed by atoms with Crippen LogP contribution in [0.15, 0.2) is 30.5 Å². The van der Waals surface area contributed by atoms with Gasteiger partial charge in [-0.3, -0.25) is 9.59 Å². The van der Waals surface area contributed by atoms with Crippen LogP contribution in [0, 0.1) is 18.2 Å². The van der Waals surface area contributed by atoms with Crippen molar-refractivity contribution in [3.63, 3.8) is 0 Å². The van der Waals surface area contributed by atoms with Crippen molar-refractivity contribution < 1.29 is 23.8 Å². The fourth-order valence-electron chi connectivity index (χ4n) is 3.31. The maximum atomic E-state index is 13.1. The molecule has 7 nitrogen and oxygen atoms in total. The first-order valence-electron chi connectivity index (χ1n) is 8.20. The minimum atomic E-state index is -1.08. The number of aliphatic carboxylic acids is 1. The summed E-state index contributed by atoms with van der Waals surface area (Å²) in [6, 6.07) is 5.80. The molecule has 1 aromatic carbocycles. The number of aromatic nitrogens is 2. The summed E-state index contributed by atoms with van der Waals surface area (Å²) >= 11 is 0. The lowest BCUT2D eigenvalue weighted by molar-refractivity contribution is -0.151. The Labute approximate surface area is 150 Å². The Hall–Kier alpha value is -2.74. The molecule has 1 unspecified atom stereocenters. The van der Waals surface area contributed by atoms with E-state index in [1.165, 1.54) is 30.3 Å². The zero-order chi connectivity index (χ0) is 18.9. The van der Waals surface area contributed by atoms with Crippen LogP contribution in [-0.2, 0) is 9.53 Å². The van der Waals surface area contributed by atoms with Crippen LogP contribution in [0.2, 0.25) is 0 Å². The number of hydrogen-bond acceptors (Lipinski definition) is 4. The van der Waals surface area contributed by atoms with Crippen LogP contribution in [-0.4, -0.2) is 58.5 Å². The average Bonchev–Trinajstić information content (AvgIpc) is 3.21. The first-order chi connectivity index (χ1) is 12.4. The molecule has 1 atom stereocenters. The third-order valence-electron chi connectivity index (χ3n) is 4.83. The van der Waals surface area contributed by atoms with Gasteiger partial charge < -0.3 is 14.7 Å². The highest BCUT2D eigenvalue weighted by Crippen LogP contribution is 2.32. The number of halogens is 1. The summed E-state index contributed by atoms with van der Waals surface area (Å²) < 4.78 is 19.7. The number of carboxylic acid groups (broad SMARTS) is 1. The number of carboxylic acids is 1. The van der Waals surface area contributed by atoms with E-state index in [0.29, 0.717) is 29.9 Å². The fourth-order valence-corrected chi connectivity index (χ4v) is 3.31. The van der Waals surface area contributed by atoms with Crippen molar-refractivity contribution in [1.29, 1.82) is 0 Å². The first-order valence-corrected chi connectivity index (χ1v) is 8.20. The van der Waals surface area contributed by atoms with Crippen LogP contribution in [0.3, 0.4) is 0 Å². The van der Waals surface area contributed by atoms with E-state index in [2.05, 4.69) is 5.10 Å². The van der Waals surface area contributed by atoms with E-state index in [1.54, 1.807) is 23.7 Å². The van der Waals surface area contributed by atoms with Gasteiger partial charge in [-0.2, -0.15) is 5.10 Å². The van der Waals surface area contributed by atoms with Crippen molar-refractivity contribution in [1.82, 2.24) is 14.7 Å². The van der Waals surface area contributed by atoms with Crippen LogP contribution < -0.4 is 0 Å². The van der Waals surface area contributed by atoms with Gasteiger partial charge in [0, 0.05) is 20.2 Å². The van der Waals surface area contributed by atoms with Crippen molar-refractivity contribution in [2.75, 3.05) is 26.8 Å². The largest absolute Gasteiger partial charge is 0.481 e. The summed E-state index contributed by atoms with van der Waals surface area (Å²) in [5.41, 5.74) is 0.573. The van der Waals surface area contributed by atoms with Gasteiger partial charge in [-0.05, 0) is 37.6 Å². The Morgan fingerprint density at radius 1 is 1.35 bits per heavy atom. The molecule has 2 heterocycles. The van der Waals surface area contributed by atoms with Gasteiger partial charge in [-0.1, -0.05) is 0 Å². The Morgan fingerprint density at radius 2 is 2.04 bits per heavy atom. The molecule has 1 amide bonds. The number of ether oxygens (including phenoxy) is 1. The SMILES string of the molecule is COCC1(C(=O)O)CCN(C(=O)c2cnn(-c3ccc(F)cc3)c2C)C1. The van der Waals surface area contributed by atoms with E-state index < -0.39 is 11.4 Å². The molecule has 0 bridgehead atoms. The highest BCUT2D eigenvalue weighted by molar-refractivity contribution is 5.96. The highest BCUT2D eigenvalue weighted by atomic mass is 19.1. The van der Waals surface area contributed by atoms with Crippen LogP contribution in [0.5, 0.6) is 0 Å². The standard InChI is InChI=1S/C18H20FN3O4/c1-12-15(9-20-22(12)14-5-3-13(19)4-6-14)16(23)21-8-7-18(10-21,11-26-2)17(24)25/h3-6,9H,7-8,10-11H2,1-2H3,(H,24,25). The lowest BCUT2D eigenvalue weighted by atomic mass is 9.88. The second kappa shape index (κ2) is 6.87. The van der Waals surface area contributed by atoms with Crippen molar-refractivity contribution in [2.24, 2.45) is 5.41 Å². The second-order valence-corrected chi connectivity index (χ2v) is 6.53. The average molecular weight is 361 g/mol. The van der Waals surface area contributed by atoms with Crippen molar-refractivity contribution >= 4 is 11.9 Å². The van der Waals surface area contributed by atoms with E-state index in [1.807, 2.05) is 0 Å². The van der Waals surface area contributed by atoms with E-state index >= 15 is 0 Å². The molecule has 3 rings (SSSR count). The number of amides is 1. The monoisotopic (exact) mass is 361 g/mol. The van der Waals surface area contributed by atoms with Crippen molar-refractivity contribution in [3.05, 3.63) is 47.5 Å². The predicted octanol–water partition coefficient (Wildman–Crippen LogP) is 1.88. The minimum absolute atomic E-state index is 0.0555. The molecule has 1 N–H and O–H groups in total. The smallest absolute Gasteiger partial charge is 0.313 e. The molecule has 1 fully saturated rings. The summed E-state index contributed by atoms with van der Waals surface area (Å²) in [5.74, 6) is -1.58. The van der Waals surface area contributed by atoms with Gasteiger partial charge in [0.2, 0.25) is 0 Å². The Bertz CT molecular complexity index is 833. The zero-order valence-corrected chi connectivity index (χ0v) is 14.6. The molecule has 8 heteroatoms. The summed E-state index contributed by atoms with van der Waals surface area (Å²) in [5, 5.41) is 13.8. The van der Waals surface area contributed by atoms with Crippen LogP contribution in [0.1, 0.15) is 22.5 Å². The van der Waals surface area contributed by atoms with Gasteiger partial charge >= 0.3 is 5.97 Å². The van der Waals surface area contributed by atoms with Gasteiger partial charge in [0.25, 0.3) is 5.91 Å². The molecule has 0 aliphatic carbocycles. The molecular weight excluding hydrogens is 341 g/mol. The molecule has 1 aliphatic heterocycles. The number of nitrogens with zero attached hydrogens (tertiary/aromatic N) is 3. The predicted molar refractivity (Wildman–Crippen MR) is 90.7 cm³/mol. The number of methoxy groups -OCH3 is 1. The van der Waals surface area contributed by atoms with Crippen molar-refractivity contribution in [2.45, 2.75) is 13.3 Å². The van der Waals surface area contributed by atoms with Gasteiger partial charge in [0.1, 0.15) is 11.2 Å². The van der Waals surface area contributed by atoms with E-state index in [0.717, 1.165) is 0 Å². The molecule has 138 valence electrons. The Kier molecular flexibility index (Phi) is 4.78. The number of rotatable bonds is 5. The fraction of sp³-hybridized carbons (Fsp3) is 0.389. The summed E-state index contributed by atoms with van der Waals surface area (Å²) in [4.78, 5) is 26.0. The van der Waals surface area contributed by atoms with E-state index in [4.69, 9.17) is 4.74 Å². The number of hydrogen-bond donors (Lipinski definition) is 1. The minimum Gasteiger partial charge on any atom is -0.481 e. The quantitative estimate of drug-likeness (QED) is 0.879. The summed E-state index contributed by atoms with van der Waals surface area (Å²) in [6.45, 7) is 2.24. The number of likely N-dealkylation sites (tertiary alicyclic amines) is 1. The van der Waals surface area contributed by atoms with Gasteiger partial charge in [0.05, 0.1) is 29.7 Å². The third kappa shape index (κ3) is 3.08. The molecular formula is C18H20FN3O4. The second-order valence-electron chi connectivity index (χ2n) is 6.53. The molecule has 1 aromatic heterocycles. The van der Waals surface area contributed by atoms with Gasteiger partial charge in [-0.25, -0.2) is 9.07 Å². The Morgan fingerprint density at radius 3 is 2.65 bits per heavy atom. The van der Waals surface area contributed by atoms with E-state index in [9.17, 15) is 19.1 Å². The van der Waals surface area contributed by atoms with Gasteiger partial charge in [0.15, 0.2) is 0 Å². The van der Waals surface area contributed by atoms with Crippen molar-refractivity contribution in [3.8, 4) is 5.69 Å². The lowest BCUT2D eigenvalue weighted by Gasteiger charge is -2.23. The highest BCUT2D eigenvalue weighted by Gasteiger charge is 2.46. The molecule has 26 heavy (non-hydrogen) atoms. The molecule has 0 saturated carbocycles. The van der Waals surface area contributed by atoms with Crippen LogP contribution >= 0.6 is 0 Å². The zero-order valence-electron chi connectivity index (χ0n) is 14.6. The lowest BCUT2D eigenvalue weighted by Crippen LogP contribution is -2.40. The Balaban J connectivity index is 1.83. The molecule has 0 radical (unpaired) electrons. The first kappa shape index (κ1) is 18.1. The maximum absolute atomic E-state index is 13.1. The topological polar surface area (TPSA) is 84.7 Å². The summed E-state index contributed by atoms with van der Waals surface area (Å²) in [7, 11) is 1.45. The number of carbonyl (C=O) groups excluding carboxylic acids is 1. The van der Waals surface area contributed by atoms with Crippen LogP contribution in [0.25, 0.3) is 5.69 Å². The molecule has 2 aromatic rings. The third-order valence-corrected chi connectivity index (χ3v) is 4.83. The normalized spacial score (nSPS) is 19.7. The molecule has 1 aliphatic rings. The van der Waals surface area contributed by atoms with Crippen LogP contribution in [0.4, 0.5) is 4.39 Å². The van der Waals surface area contributed by atoms with E-state index in [-0.39, 0.29) is 24.9 Å². The van der Waals surface area contributed by atoms with Gasteiger partial charge in [-0.15, -0.1) is 0 Å². The number of benzene rings is 1. The number of carbonyl (C=O) groups is 2.